The molecule has 0 spiro atoms. The van der Waals surface area contributed by atoms with E-state index in [1.54, 1.807) is 0 Å². The number of rotatable bonds is 0. The smallest absolute Gasteiger partial charge is 0.293 e. The fraction of sp³-hybridized carbons (Fsp3) is 0.500. The predicted molar refractivity (Wildman–Crippen MR) is 77.8 cm³/mol. The molecule has 6 nitrogen and oxygen atoms in total. The average Bonchev–Trinajstić information content (AvgIpc) is 2.65. The maximum atomic E-state index is 15.2. The van der Waals surface area contributed by atoms with E-state index in [0.29, 0.717) is 18.2 Å². The molecule has 0 N–H and O–H groups in total. The van der Waals surface area contributed by atoms with Gasteiger partial charge in [-0.05, 0) is 0 Å². The highest BCUT2D eigenvalue weighted by Gasteiger charge is 2.87. The Balaban J connectivity index is 0.00000364. The molecule has 1 fully saturated rings. The number of nitrogens with zero attached hydrogens (tertiary/aromatic N) is 4. The van der Waals surface area contributed by atoms with Gasteiger partial charge in [-0.25, -0.2) is 26.3 Å². The first-order chi connectivity index (χ1) is 11.9. The number of ketones is 2. The molecule has 0 radical (unpaired) electrons. The Labute approximate surface area is 154 Å². The summed E-state index contributed by atoms with van der Waals surface area (Å²) >= 11 is 0. The number of allylic oxidation sites excluding steroid dienone is 2. The summed E-state index contributed by atoms with van der Waals surface area (Å²) < 4.78 is 87.2. The van der Waals surface area contributed by atoms with Crippen molar-refractivity contribution < 1.29 is 35.9 Å². The van der Waals surface area contributed by atoms with Crippen LogP contribution in [0.4, 0.5) is 26.3 Å². The summed E-state index contributed by atoms with van der Waals surface area (Å²) in [6.45, 7) is 0. The molecule has 1 saturated carbocycles. The summed E-state index contributed by atoms with van der Waals surface area (Å²) in [4.78, 5) is 23.4. The van der Waals surface area contributed by atoms with Gasteiger partial charge in [0.2, 0.25) is 17.7 Å². The van der Waals surface area contributed by atoms with Gasteiger partial charge >= 0.3 is 5.67 Å². The fourth-order valence-electron chi connectivity index (χ4n) is 3.06. The molecule has 0 heterocycles. The van der Waals surface area contributed by atoms with E-state index < -0.39 is 57.7 Å². The molecule has 148 valence electrons. The zero-order valence-electron chi connectivity index (χ0n) is 12.0. The number of halogens is 6. The van der Waals surface area contributed by atoms with Crippen LogP contribution in [0.5, 0.6) is 0 Å². The van der Waals surface area contributed by atoms with E-state index >= 15 is 4.39 Å². The zero-order chi connectivity index (χ0) is 20.3. The third kappa shape index (κ3) is 2.00. The highest BCUT2D eigenvalue weighted by atomic mass is 19.2. The minimum absolute atomic E-state index is 0. The monoisotopic (exact) mass is 404 g/mol. The third-order valence-corrected chi connectivity index (χ3v) is 4.36. The van der Waals surface area contributed by atoms with Crippen LogP contribution in [0.25, 0.3) is 0 Å². The second-order valence-corrected chi connectivity index (χ2v) is 5.41. The molecule has 28 heavy (non-hydrogen) atoms. The minimum atomic E-state index is -4.99. The first kappa shape index (κ1) is 24.6. The minimum Gasteiger partial charge on any atom is -0.293 e. The molecular formula is C16H10F6N4O2. The van der Waals surface area contributed by atoms with Gasteiger partial charge in [-0.15, -0.1) is 0 Å². The van der Waals surface area contributed by atoms with Gasteiger partial charge < -0.3 is 0 Å². The lowest BCUT2D eigenvalue weighted by Crippen LogP contribution is -2.76. The molecule has 2 rings (SSSR count). The van der Waals surface area contributed by atoms with Crippen LogP contribution >= 0.6 is 0 Å². The molecule has 0 amide bonds. The standard InChI is InChI=1S/C14H2F6N4O2.2CH4/c15-5-6(16)8-11(1-21,9(17)7(5)25)14(20,4-24)13(19,3-23)10(26)12(8,18)2-22;;/h5,9H;2*1H4. The van der Waals surface area contributed by atoms with E-state index in [1.165, 1.54) is 0 Å². The lowest BCUT2D eigenvalue weighted by molar-refractivity contribution is -0.164. The van der Waals surface area contributed by atoms with E-state index in [4.69, 9.17) is 21.0 Å². The Morgan fingerprint density at radius 3 is 1.71 bits per heavy atom. The van der Waals surface area contributed by atoms with Crippen molar-refractivity contribution in [2.45, 2.75) is 44.2 Å². The number of carbonyl (C=O) groups is 2. The van der Waals surface area contributed by atoms with Crippen LogP contribution in [0.15, 0.2) is 11.4 Å². The summed E-state index contributed by atoms with van der Waals surface area (Å²) in [5, 5.41) is 35.7. The predicted octanol–water partition coefficient (Wildman–Crippen LogP) is 2.53. The van der Waals surface area contributed by atoms with Crippen molar-refractivity contribution in [3.8, 4) is 24.3 Å². The van der Waals surface area contributed by atoms with E-state index in [-0.39, 0.29) is 20.9 Å². The normalized spacial score (nSPS) is 41.8. The molecule has 6 atom stereocenters. The van der Waals surface area contributed by atoms with E-state index in [0.717, 1.165) is 0 Å². The van der Waals surface area contributed by atoms with Crippen molar-refractivity contribution in [1.82, 2.24) is 0 Å². The quantitative estimate of drug-likeness (QED) is 0.571. The van der Waals surface area contributed by atoms with Crippen molar-refractivity contribution >= 4 is 11.6 Å². The Morgan fingerprint density at radius 2 is 1.36 bits per heavy atom. The van der Waals surface area contributed by atoms with Crippen LogP contribution < -0.4 is 0 Å². The lowest BCUT2D eigenvalue weighted by atomic mass is 9.48. The molecule has 6 unspecified atom stereocenters. The Hall–Kier alpha value is -3.38. The van der Waals surface area contributed by atoms with Gasteiger partial charge in [0.05, 0.1) is 11.6 Å². The third-order valence-electron chi connectivity index (χ3n) is 4.36. The highest BCUT2D eigenvalue weighted by Crippen LogP contribution is 2.63. The van der Waals surface area contributed by atoms with E-state index in [2.05, 4.69) is 0 Å². The highest BCUT2D eigenvalue weighted by molar-refractivity contribution is 6.09. The summed E-state index contributed by atoms with van der Waals surface area (Å²) in [5.74, 6) is -8.22. The number of carbonyl (C=O) groups excluding carboxylic acids is 2. The second kappa shape index (κ2) is 6.65. The Morgan fingerprint density at radius 1 is 0.857 bits per heavy atom. The first-order valence-corrected chi connectivity index (χ1v) is 6.40. The molecule has 12 heteroatoms. The number of hydrogen-bond acceptors (Lipinski definition) is 6. The largest absolute Gasteiger partial charge is 0.306 e. The summed E-state index contributed by atoms with van der Waals surface area (Å²) in [7, 11) is 0. The molecule has 0 aromatic rings. The lowest BCUT2D eigenvalue weighted by Gasteiger charge is -2.51. The van der Waals surface area contributed by atoms with Gasteiger partial charge in [0, 0.05) is 0 Å². The van der Waals surface area contributed by atoms with Crippen molar-refractivity contribution in [3.05, 3.63) is 11.4 Å². The van der Waals surface area contributed by atoms with Crippen LogP contribution in [0, 0.1) is 50.7 Å². The molecule has 0 bridgehead atoms. The van der Waals surface area contributed by atoms with Crippen molar-refractivity contribution in [1.29, 1.82) is 21.0 Å². The van der Waals surface area contributed by atoms with Crippen LogP contribution in [0.3, 0.4) is 0 Å². The van der Waals surface area contributed by atoms with Crippen molar-refractivity contribution in [3.63, 3.8) is 0 Å². The number of Topliss-reactive ketones (excluding diaryl/α,β-unsaturated/α-hetero) is 2. The Bertz CT molecular complexity index is 956. The summed E-state index contributed by atoms with van der Waals surface area (Å²) in [6, 6.07) is 1.38. The molecule has 2 aliphatic rings. The summed E-state index contributed by atoms with van der Waals surface area (Å²) in [6.07, 6.45) is -7.54. The van der Waals surface area contributed by atoms with Crippen LogP contribution in [0.1, 0.15) is 14.9 Å². The molecular weight excluding hydrogens is 394 g/mol. The van der Waals surface area contributed by atoms with Crippen LogP contribution in [0.2, 0.25) is 0 Å². The maximum Gasteiger partial charge on any atom is 0.306 e. The number of nitriles is 4. The van der Waals surface area contributed by atoms with E-state index in [1.807, 2.05) is 0 Å². The van der Waals surface area contributed by atoms with Gasteiger partial charge in [-0.2, -0.15) is 21.0 Å². The molecule has 0 aromatic heterocycles. The maximum absolute atomic E-state index is 15.2. The van der Waals surface area contributed by atoms with Gasteiger partial charge in [0.1, 0.15) is 24.0 Å². The van der Waals surface area contributed by atoms with Crippen molar-refractivity contribution in [2.24, 2.45) is 5.41 Å². The van der Waals surface area contributed by atoms with Crippen molar-refractivity contribution in [2.75, 3.05) is 0 Å². The summed E-state index contributed by atoms with van der Waals surface area (Å²) in [5.41, 5.74) is -21.6. The second-order valence-electron chi connectivity index (χ2n) is 5.41. The topological polar surface area (TPSA) is 129 Å². The van der Waals surface area contributed by atoms with Crippen LogP contribution in [-0.2, 0) is 9.59 Å². The molecule has 0 saturated heterocycles. The number of fused-ring (bicyclic) bond motifs is 1. The SMILES string of the molecule is C.C.N#CC1(F)C(=O)C(F)(C#N)C(F)(C#N)C2(C#N)C1=C(F)C(F)C(=O)C2F. The van der Waals surface area contributed by atoms with Gasteiger partial charge in [-0.3, -0.25) is 9.59 Å². The fourth-order valence-corrected chi connectivity index (χ4v) is 3.06. The molecule has 0 aromatic carbocycles. The average molecular weight is 404 g/mol. The molecule has 0 aliphatic heterocycles. The number of hydrogen-bond donors (Lipinski definition) is 0. The van der Waals surface area contributed by atoms with Gasteiger partial charge in [0.15, 0.2) is 11.6 Å². The Kier molecular flexibility index (Phi) is 5.85. The van der Waals surface area contributed by atoms with Gasteiger partial charge in [-0.1, -0.05) is 14.9 Å². The molecule has 2 aliphatic carbocycles. The van der Waals surface area contributed by atoms with Crippen LogP contribution in [-0.4, -0.2) is 40.9 Å². The zero-order valence-corrected chi connectivity index (χ0v) is 12.0. The van der Waals surface area contributed by atoms with E-state index in [9.17, 15) is 31.5 Å². The first-order valence-electron chi connectivity index (χ1n) is 6.40. The number of alkyl halides is 5. The van der Waals surface area contributed by atoms with Gasteiger partial charge in [0.25, 0.3) is 11.3 Å².